The Balaban J connectivity index is 1.36. The van der Waals surface area contributed by atoms with E-state index in [0.29, 0.717) is 25.3 Å². The molecule has 2 fully saturated rings. The molecule has 6 nitrogen and oxygen atoms in total. The van der Waals surface area contributed by atoms with Crippen molar-refractivity contribution in [1.29, 1.82) is 5.26 Å². The third-order valence-corrected chi connectivity index (χ3v) is 6.79. The van der Waals surface area contributed by atoms with Gasteiger partial charge in [-0.2, -0.15) is 5.26 Å². The van der Waals surface area contributed by atoms with E-state index in [0.717, 1.165) is 50.2 Å². The van der Waals surface area contributed by atoms with Gasteiger partial charge in [-0.25, -0.2) is 0 Å². The number of hydrogen-bond donors (Lipinski definition) is 1. The molecule has 1 N–H and O–H groups in total. The average Bonchev–Trinajstić information content (AvgIpc) is 3.14. The van der Waals surface area contributed by atoms with Gasteiger partial charge in [0.2, 0.25) is 5.91 Å². The van der Waals surface area contributed by atoms with E-state index in [1.165, 1.54) is 23.3 Å². The fraction of sp³-hybridized carbons (Fsp3) is 0.684. The van der Waals surface area contributed by atoms with Crippen LogP contribution in [0.15, 0.2) is 0 Å². The van der Waals surface area contributed by atoms with Crippen LogP contribution in [-0.2, 0) is 27.1 Å². The largest absolute Gasteiger partial charge is 0.347 e. The number of carbonyl (C=O) groups is 1. The van der Waals surface area contributed by atoms with Crippen LogP contribution >= 0.6 is 11.3 Å². The lowest BCUT2D eigenvalue weighted by atomic mass is 10.0. The molecule has 0 atom stereocenters. The second-order valence-electron chi connectivity index (χ2n) is 7.31. The number of piperidine rings is 1. The molecule has 0 bridgehead atoms. The summed E-state index contributed by atoms with van der Waals surface area (Å²) in [5.74, 6) is -0.450. The number of nitrogens with zero attached hydrogens (tertiary/aromatic N) is 2. The normalized spacial score (nSPS) is 22.6. The third kappa shape index (κ3) is 3.65. The van der Waals surface area contributed by atoms with E-state index in [2.05, 4.69) is 16.3 Å². The molecule has 140 valence electrons. The topological polar surface area (TPSA) is 74.6 Å². The second-order valence-corrected chi connectivity index (χ2v) is 8.42. The summed E-state index contributed by atoms with van der Waals surface area (Å²) in [5.41, 5.74) is 1.85. The molecule has 26 heavy (non-hydrogen) atoms. The van der Waals surface area contributed by atoms with E-state index in [9.17, 15) is 10.1 Å². The molecular formula is C19H25N3O3S. The molecule has 7 heteroatoms. The number of likely N-dealkylation sites (tertiary alicyclic amines) is 1. The molecule has 0 unspecified atom stereocenters. The van der Waals surface area contributed by atoms with Crippen molar-refractivity contribution in [3.63, 3.8) is 0 Å². The summed E-state index contributed by atoms with van der Waals surface area (Å²) in [5, 5.41) is 13.3. The molecular weight excluding hydrogens is 350 g/mol. The summed E-state index contributed by atoms with van der Waals surface area (Å²) >= 11 is 1.59. The van der Waals surface area contributed by atoms with E-state index in [1.807, 2.05) is 0 Å². The maximum absolute atomic E-state index is 12.5. The average molecular weight is 375 g/mol. The molecule has 4 rings (SSSR count). The van der Waals surface area contributed by atoms with Crippen molar-refractivity contribution < 1.29 is 14.3 Å². The predicted octanol–water partition coefficient (Wildman–Crippen LogP) is 2.67. The molecule has 1 spiro atoms. The van der Waals surface area contributed by atoms with E-state index in [4.69, 9.17) is 9.47 Å². The van der Waals surface area contributed by atoms with E-state index in [-0.39, 0.29) is 5.91 Å². The molecule has 1 amide bonds. The fourth-order valence-electron chi connectivity index (χ4n) is 4.16. The van der Waals surface area contributed by atoms with Crippen LogP contribution in [0.3, 0.4) is 0 Å². The van der Waals surface area contributed by atoms with Crippen LogP contribution < -0.4 is 5.32 Å². The first-order valence-electron chi connectivity index (χ1n) is 9.54. The summed E-state index contributed by atoms with van der Waals surface area (Å²) in [6, 6.07) is 2.32. The molecule has 1 aromatic heterocycles. The Kier molecular flexibility index (Phi) is 5.28. The zero-order chi connectivity index (χ0) is 18.0. The number of rotatable bonds is 3. The summed E-state index contributed by atoms with van der Waals surface area (Å²) in [4.78, 5) is 15.9. The van der Waals surface area contributed by atoms with Gasteiger partial charge in [0.25, 0.3) is 0 Å². The Labute approximate surface area is 158 Å². The number of amides is 1. The number of aryl methyl sites for hydroxylation is 1. The van der Waals surface area contributed by atoms with Gasteiger partial charge in [-0.05, 0) is 31.2 Å². The van der Waals surface area contributed by atoms with Crippen molar-refractivity contribution in [2.75, 3.05) is 38.2 Å². The van der Waals surface area contributed by atoms with Crippen LogP contribution in [0, 0.1) is 11.3 Å². The Bertz CT molecular complexity index is 708. The Morgan fingerprint density at radius 1 is 1.19 bits per heavy atom. The first-order valence-corrected chi connectivity index (χ1v) is 10.4. The van der Waals surface area contributed by atoms with Gasteiger partial charge in [0.1, 0.15) is 11.1 Å². The minimum atomic E-state index is -0.410. The highest BCUT2D eigenvalue weighted by Crippen LogP contribution is 2.37. The zero-order valence-electron chi connectivity index (χ0n) is 15.0. The van der Waals surface area contributed by atoms with Crippen LogP contribution in [0.5, 0.6) is 0 Å². The minimum Gasteiger partial charge on any atom is -0.347 e. The van der Waals surface area contributed by atoms with Crippen molar-refractivity contribution in [3.8, 4) is 6.07 Å². The van der Waals surface area contributed by atoms with Crippen molar-refractivity contribution >= 4 is 22.2 Å². The van der Waals surface area contributed by atoms with Gasteiger partial charge in [0.15, 0.2) is 5.79 Å². The summed E-state index contributed by atoms with van der Waals surface area (Å²) in [6.07, 6.45) is 7.11. The molecule has 0 aromatic carbocycles. The van der Waals surface area contributed by atoms with Crippen molar-refractivity contribution in [2.45, 2.75) is 50.7 Å². The van der Waals surface area contributed by atoms with Crippen LogP contribution in [0.25, 0.3) is 0 Å². The number of hydrogen-bond acceptors (Lipinski definition) is 6. The van der Waals surface area contributed by atoms with E-state index >= 15 is 0 Å². The highest BCUT2D eigenvalue weighted by atomic mass is 32.1. The first kappa shape index (κ1) is 17.9. The molecule has 3 aliphatic rings. The SMILES string of the molecule is N#Cc1c(NC(=O)CN2CCC3(CC2)OCCO3)sc2c1CCCCC2. The van der Waals surface area contributed by atoms with Gasteiger partial charge in [-0.3, -0.25) is 9.69 Å². The van der Waals surface area contributed by atoms with Crippen molar-refractivity contribution in [2.24, 2.45) is 0 Å². The summed E-state index contributed by atoms with van der Waals surface area (Å²) in [7, 11) is 0. The number of anilines is 1. The quantitative estimate of drug-likeness (QED) is 0.822. The molecule has 0 radical (unpaired) electrons. The summed E-state index contributed by atoms with van der Waals surface area (Å²) in [6.45, 7) is 3.27. The van der Waals surface area contributed by atoms with Gasteiger partial charge in [0, 0.05) is 30.8 Å². The van der Waals surface area contributed by atoms with Gasteiger partial charge in [-0.1, -0.05) is 6.42 Å². The van der Waals surface area contributed by atoms with Crippen LogP contribution in [0.2, 0.25) is 0 Å². The van der Waals surface area contributed by atoms with Crippen molar-refractivity contribution in [3.05, 3.63) is 16.0 Å². The van der Waals surface area contributed by atoms with Crippen molar-refractivity contribution in [1.82, 2.24) is 4.90 Å². The predicted molar refractivity (Wildman–Crippen MR) is 99.2 cm³/mol. The minimum absolute atomic E-state index is 0.0397. The molecule has 1 aromatic rings. The lowest BCUT2D eigenvalue weighted by Crippen LogP contribution is -2.47. The number of nitriles is 1. The molecule has 3 heterocycles. The number of fused-ring (bicyclic) bond motifs is 1. The lowest BCUT2D eigenvalue weighted by molar-refractivity contribution is -0.185. The second kappa shape index (κ2) is 7.65. The first-order chi connectivity index (χ1) is 12.7. The van der Waals surface area contributed by atoms with Gasteiger partial charge < -0.3 is 14.8 Å². The van der Waals surface area contributed by atoms with Gasteiger partial charge in [0.05, 0.1) is 25.3 Å². The van der Waals surface area contributed by atoms with Crippen LogP contribution in [0.1, 0.15) is 48.1 Å². The molecule has 1 aliphatic carbocycles. The lowest BCUT2D eigenvalue weighted by Gasteiger charge is -2.37. The standard InChI is InChI=1S/C19H25N3O3S/c20-12-15-14-4-2-1-3-5-16(14)26-18(15)21-17(23)13-22-8-6-19(7-9-22)24-10-11-25-19/h1-11,13H2,(H,21,23). The maximum Gasteiger partial charge on any atom is 0.239 e. The Morgan fingerprint density at radius 3 is 2.65 bits per heavy atom. The third-order valence-electron chi connectivity index (χ3n) is 5.58. The Hall–Kier alpha value is -1.46. The smallest absolute Gasteiger partial charge is 0.239 e. The molecule has 0 saturated carbocycles. The Morgan fingerprint density at radius 2 is 1.92 bits per heavy atom. The van der Waals surface area contributed by atoms with E-state index < -0.39 is 5.79 Å². The zero-order valence-corrected chi connectivity index (χ0v) is 15.8. The number of thiophene rings is 1. The summed E-state index contributed by atoms with van der Waals surface area (Å²) < 4.78 is 11.5. The monoisotopic (exact) mass is 375 g/mol. The number of ether oxygens (including phenoxy) is 2. The van der Waals surface area contributed by atoms with Gasteiger partial charge in [-0.15, -0.1) is 11.3 Å². The molecule has 2 saturated heterocycles. The van der Waals surface area contributed by atoms with Crippen LogP contribution in [0.4, 0.5) is 5.00 Å². The fourth-order valence-corrected chi connectivity index (χ4v) is 5.41. The maximum atomic E-state index is 12.5. The number of nitrogens with one attached hydrogen (secondary N) is 1. The molecule has 2 aliphatic heterocycles. The highest BCUT2D eigenvalue weighted by Gasteiger charge is 2.40. The highest BCUT2D eigenvalue weighted by molar-refractivity contribution is 7.16. The van der Waals surface area contributed by atoms with Gasteiger partial charge >= 0.3 is 0 Å². The van der Waals surface area contributed by atoms with Crippen LogP contribution in [-0.4, -0.2) is 49.4 Å². The van der Waals surface area contributed by atoms with E-state index in [1.54, 1.807) is 11.3 Å². The number of carbonyl (C=O) groups excluding carboxylic acids is 1.